The van der Waals surface area contributed by atoms with Gasteiger partial charge in [0, 0.05) is 9.50 Å². The van der Waals surface area contributed by atoms with Crippen molar-refractivity contribution in [3.63, 3.8) is 0 Å². The summed E-state index contributed by atoms with van der Waals surface area (Å²) in [6.07, 6.45) is 1.37. The lowest BCUT2D eigenvalue weighted by Gasteiger charge is -2.11. The molecular weight excluding hydrogens is 334 g/mol. The van der Waals surface area contributed by atoms with Crippen LogP contribution in [0.4, 0.5) is 17.2 Å². The molecule has 0 amide bonds. The fourth-order valence-corrected chi connectivity index (χ4v) is 2.27. The van der Waals surface area contributed by atoms with Gasteiger partial charge >= 0.3 is 5.97 Å². The normalized spacial score (nSPS) is 10.2. The van der Waals surface area contributed by atoms with Gasteiger partial charge in [-0.3, -0.25) is 0 Å². The van der Waals surface area contributed by atoms with Crippen molar-refractivity contribution in [3.8, 4) is 0 Å². The minimum absolute atomic E-state index is 0.0503. The fraction of sp³-hybridized carbons (Fsp3) is 0. The molecule has 0 aliphatic carbocycles. The lowest BCUT2D eigenvalue weighted by molar-refractivity contribution is 0.0698. The third-order valence-electron chi connectivity index (χ3n) is 2.36. The van der Waals surface area contributed by atoms with Crippen molar-refractivity contribution in [2.45, 2.75) is 0 Å². The second-order valence-electron chi connectivity index (χ2n) is 3.71. The molecule has 0 aliphatic heterocycles. The summed E-state index contributed by atoms with van der Waals surface area (Å²) in [4.78, 5) is 15.0. The number of rotatable bonds is 3. The molecule has 5 nitrogen and oxygen atoms in total. The van der Waals surface area contributed by atoms with Crippen LogP contribution in [-0.2, 0) is 0 Å². The summed E-state index contributed by atoms with van der Waals surface area (Å²) < 4.78 is 0.716. The number of nitrogens with two attached hydrogens (primary N) is 1. The van der Waals surface area contributed by atoms with Crippen LogP contribution in [0.1, 0.15) is 10.4 Å². The van der Waals surface area contributed by atoms with Crippen LogP contribution in [0.25, 0.3) is 0 Å². The quantitative estimate of drug-likeness (QED) is 0.794. The van der Waals surface area contributed by atoms with Crippen LogP contribution in [0.3, 0.4) is 0 Å². The van der Waals surface area contributed by atoms with Gasteiger partial charge < -0.3 is 16.2 Å². The summed E-state index contributed by atoms with van der Waals surface area (Å²) in [5, 5.41) is 12.7. The molecule has 1 heterocycles. The van der Waals surface area contributed by atoms with Crippen LogP contribution in [0, 0.1) is 0 Å². The first-order valence-corrected chi connectivity index (χ1v) is 6.35. The first-order valence-electron chi connectivity index (χ1n) is 5.18. The van der Waals surface area contributed by atoms with Gasteiger partial charge in [-0.2, -0.15) is 0 Å². The van der Waals surface area contributed by atoms with Crippen LogP contribution in [0.2, 0.25) is 5.02 Å². The number of nitrogen functional groups attached to an aromatic ring is 1. The lowest BCUT2D eigenvalue weighted by Crippen LogP contribution is -2.05. The predicted molar refractivity (Wildman–Crippen MR) is 78.0 cm³/mol. The Bertz CT molecular complexity index is 649. The van der Waals surface area contributed by atoms with Crippen molar-refractivity contribution >= 4 is 50.7 Å². The lowest BCUT2D eigenvalue weighted by atomic mass is 10.2. The molecular formula is C12H9BrClN3O2. The smallest absolute Gasteiger partial charge is 0.338 e. The molecule has 0 radical (unpaired) electrons. The number of nitrogens with one attached hydrogen (secondary N) is 1. The van der Waals surface area contributed by atoms with E-state index >= 15 is 0 Å². The number of aromatic carboxylic acids is 1. The number of carbonyl (C=O) groups is 1. The van der Waals surface area contributed by atoms with E-state index in [9.17, 15) is 4.79 Å². The molecule has 2 rings (SSSR count). The fourth-order valence-electron chi connectivity index (χ4n) is 1.48. The van der Waals surface area contributed by atoms with E-state index in [0.29, 0.717) is 20.9 Å². The Balaban J connectivity index is 2.40. The Morgan fingerprint density at radius 2 is 2.11 bits per heavy atom. The molecule has 0 spiro atoms. The first-order chi connectivity index (χ1) is 8.97. The number of carboxylic acids is 1. The highest BCUT2D eigenvalue weighted by Gasteiger charge is 2.12. The molecule has 19 heavy (non-hydrogen) atoms. The minimum Gasteiger partial charge on any atom is -0.478 e. The molecule has 0 fully saturated rings. The van der Waals surface area contributed by atoms with Crippen molar-refractivity contribution in [2.75, 3.05) is 11.1 Å². The van der Waals surface area contributed by atoms with E-state index in [4.69, 9.17) is 22.4 Å². The Kier molecular flexibility index (Phi) is 3.92. The molecule has 0 unspecified atom stereocenters. The van der Waals surface area contributed by atoms with Crippen molar-refractivity contribution in [2.24, 2.45) is 0 Å². The van der Waals surface area contributed by atoms with E-state index in [-0.39, 0.29) is 11.4 Å². The average Bonchev–Trinajstić information content (AvgIpc) is 2.34. The average molecular weight is 343 g/mol. The maximum atomic E-state index is 11.1. The summed E-state index contributed by atoms with van der Waals surface area (Å²) in [6, 6.07) is 6.43. The predicted octanol–water partition coefficient (Wildman–Crippen LogP) is 3.52. The van der Waals surface area contributed by atoms with Gasteiger partial charge in [0.15, 0.2) is 0 Å². The standard InChI is InChI=1S/C12H9BrClN3O2/c13-8-3-6(14)1-2-9(8)17-10-5-16-11(15)4-7(10)12(18)19/h1-5,17H,(H2,15,16)(H,18,19). The van der Waals surface area contributed by atoms with Crippen LogP contribution in [0.5, 0.6) is 0 Å². The Hall–Kier alpha value is -1.79. The number of hydrogen-bond acceptors (Lipinski definition) is 4. The molecule has 4 N–H and O–H groups in total. The van der Waals surface area contributed by atoms with Crippen LogP contribution < -0.4 is 11.1 Å². The van der Waals surface area contributed by atoms with Gasteiger partial charge in [0.25, 0.3) is 0 Å². The third-order valence-corrected chi connectivity index (χ3v) is 3.25. The molecule has 0 saturated heterocycles. The molecule has 2 aromatic rings. The van der Waals surface area contributed by atoms with Gasteiger partial charge in [0.05, 0.1) is 23.1 Å². The summed E-state index contributed by atoms with van der Waals surface area (Å²) in [6.45, 7) is 0. The second-order valence-corrected chi connectivity index (χ2v) is 5.00. The van der Waals surface area contributed by atoms with Crippen molar-refractivity contribution in [3.05, 3.63) is 45.5 Å². The Morgan fingerprint density at radius 1 is 1.37 bits per heavy atom. The second kappa shape index (κ2) is 5.46. The van der Waals surface area contributed by atoms with Crippen LogP contribution >= 0.6 is 27.5 Å². The van der Waals surface area contributed by atoms with Gasteiger partial charge in [0.2, 0.25) is 0 Å². The van der Waals surface area contributed by atoms with Gasteiger partial charge in [-0.15, -0.1) is 0 Å². The molecule has 0 aliphatic rings. The zero-order chi connectivity index (χ0) is 14.0. The van der Waals surface area contributed by atoms with Gasteiger partial charge in [0.1, 0.15) is 5.82 Å². The highest BCUT2D eigenvalue weighted by molar-refractivity contribution is 9.10. The number of carboxylic acid groups (broad SMARTS) is 1. The topological polar surface area (TPSA) is 88.2 Å². The summed E-state index contributed by atoms with van der Waals surface area (Å²) in [5.74, 6) is -0.931. The third kappa shape index (κ3) is 3.15. The number of benzene rings is 1. The highest BCUT2D eigenvalue weighted by atomic mass is 79.9. The van der Waals surface area contributed by atoms with E-state index in [1.54, 1.807) is 18.2 Å². The first kappa shape index (κ1) is 13.6. The van der Waals surface area contributed by atoms with Gasteiger partial charge in [-0.1, -0.05) is 11.6 Å². The summed E-state index contributed by atoms with van der Waals surface area (Å²) in [7, 11) is 0. The minimum atomic E-state index is -1.08. The van der Waals surface area contributed by atoms with E-state index in [0.717, 1.165) is 0 Å². The molecule has 98 valence electrons. The van der Waals surface area contributed by atoms with Crippen LogP contribution in [0.15, 0.2) is 34.9 Å². The largest absolute Gasteiger partial charge is 0.478 e. The van der Waals surface area contributed by atoms with E-state index < -0.39 is 5.97 Å². The van der Waals surface area contributed by atoms with Crippen molar-refractivity contribution in [1.29, 1.82) is 0 Å². The maximum absolute atomic E-state index is 11.1. The van der Waals surface area contributed by atoms with Gasteiger partial charge in [-0.05, 0) is 40.2 Å². The molecule has 7 heteroatoms. The Labute approximate surface area is 122 Å². The van der Waals surface area contributed by atoms with Crippen molar-refractivity contribution in [1.82, 2.24) is 4.98 Å². The number of halogens is 2. The number of hydrogen-bond donors (Lipinski definition) is 3. The van der Waals surface area contributed by atoms with E-state index in [1.807, 2.05) is 0 Å². The molecule has 0 saturated carbocycles. The van der Waals surface area contributed by atoms with Crippen LogP contribution in [-0.4, -0.2) is 16.1 Å². The highest BCUT2D eigenvalue weighted by Crippen LogP contribution is 2.30. The zero-order valence-corrected chi connectivity index (χ0v) is 11.9. The monoisotopic (exact) mass is 341 g/mol. The number of nitrogens with zero attached hydrogens (tertiary/aromatic N) is 1. The summed E-state index contributed by atoms with van der Waals surface area (Å²) in [5.41, 5.74) is 6.56. The zero-order valence-electron chi connectivity index (χ0n) is 9.52. The molecule has 0 bridgehead atoms. The number of pyridine rings is 1. The maximum Gasteiger partial charge on any atom is 0.338 e. The van der Waals surface area contributed by atoms with E-state index in [2.05, 4.69) is 26.2 Å². The molecule has 0 atom stereocenters. The SMILES string of the molecule is Nc1cc(C(=O)O)c(Nc2ccc(Cl)cc2Br)cn1. The van der Waals surface area contributed by atoms with Crippen molar-refractivity contribution < 1.29 is 9.90 Å². The Morgan fingerprint density at radius 3 is 2.74 bits per heavy atom. The van der Waals surface area contributed by atoms with E-state index in [1.165, 1.54) is 12.3 Å². The van der Waals surface area contributed by atoms with Gasteiger partial charge in [-0.25, -0.2) is 9.78 Å². The molecule has 1 aromatic carbocycles. The number of anilines is 3. The summed E-state index contributed by atoms with van der Waals surface area (Å²) >= 11 is 9.18. The molecule has 1 aromatic heterocycles. The number of aromatic nitrogens is 1.